The molecule has 0 spiro atoms. The Morgan fingerprint density at radius 2 is 1.95 bits per heavy atom. The molecule has 7 nitrogen and oxygen atoms in total. The van der Waals surface area contributed by atoms with Gasteiger partial charge in [0, 0.05) is 20.5 Å². The van der Waals surface area contributed by atoms with Gasteiger partial charge in [-0.1, -0.05) is 13.3 Å². The van der Waals surface area contributed by atoms with E-state index in [0.29, 0.717) is 6.42 Å². The van der Waals surface area contributed by atoms with E-state index in [-0.39, 0.29) is 17.1 Å². The van der Waals surface area contributed by atoms with Crippen molar-refractivity contribution in [1.29, 1.82) is 0 Å². The molecule has 102 valence electrons. The van der Waals surface area contributed by atoms with Crippen molar-refractivity contribution >= 4 is 17.1 Å². The number of nitrogens with zero attached hydrogens (tertiary/aromatic N) is 4. The third kappa shape index (κ3) is 2.00. The first kappa shape index (κ1) is 13.3. The van der Waals surface area contributed by atoms with Gasteiger partial charge in [0.1, 0.15) is 6.33 Å². The molecular formula is C12H16N4O3. The molecule has 0 radical (unpaired) electrons. The van der Waals surface area contributed by atoms with Crippen LogP contribution in [0.3, 0.4) is 0 Å². The average Bonchev–Trinajstić information content (AvgIpc) is 2.85. The Bertz CT molecular complexity index is 751. The molecule has 0 atom stereocenters. The molecule has 0 saturated heterocycles. The van der Waals surface area contributed by atoms with Crippen LogP contribution in [-0.4, -0.2) is 24.6 Å². The van der Waals surface area contributed by atoms with E-state index < -0.39 is 11.2 Å². The summed E-state index contributed by atoms with van der Waals surface area (Å²) in [4.78, 5) is 39.9. The van der Waals surface area contributed by atoms with E-state index in [1.807, 2.05) is 6.92 Å². The lowest BCUT2D eigenvalue weighted by Crippen LogP contribution is -2.38. The molecule has 0 saturated carbocycles. The van der Waals surface area contributed by atoms with Crippen LogP contribution in [0.2, 0.25) is 0 Å². The summed E-state index contributed by atoms with van der Waals surface area (Å²) in [6.45, 7) is 1.99. The summed E-state index contributed by atoms with van der Waals surface area (Å²) in [5.41, 5.74) is -0.562. The number of carbonyl (C=O) groups excluding carboxylic acids is 1. The molecule has 0 aliphatic heterocycles. The zero-order valence-electron chi connectivity index (χ0n) is 11.2. The number of rotatable bonds is 3. The van der Waals surface area contributed by atoms with Crippen molar-refractivity contribution in [2.45, 2.75) is 26.2 Å². The summed E-state index contributed by atoms with van der Waals surface area (Å²) >= 11 is 0. The topological polar surface area (TPSA) is 78.9 Å². The highest BCUT2D eigenvalue weighted by atomic mass is 16.2. The van der Waals surface area contributed by atoms with Gasteiger partial charge in [0.15, 0.2) is 11.2 Å². The number of carbonyl (C=O) groups is 1. The zero-order valence-corrected chi connectivity index (χ0v) is 11.2. The van der Waals surface area contributed by atoms with Crippen molar-refractivity contribution < 1.29 is 4.79 Å². The van der Waals surface area contributed by atoms with Gasteiger partial charge in [0.2, 0.25) is 5.91 Å². The van der Waals surface area contributed by atoms with Gasteiger partial charge in [-0.3, -0.25) is 23.3 Å². The molecule has 0 bridgehead atoms. The number of hydrogen-bond donors (Lipinski definition) is 0. The van der Waals surface area contributed by atoms with Crippen LogP contribution in [0.25, 0.3) is 11.2 Å². The summed E-state index contributed by atoms with van der Waals surface area (Å²) in [5.74, 6) is -0.180. The second kappa shape index (κ2) is 4.83. The maximum Gasteiger partial charge on any atom is 0.332 e. The zero-order chi connectivity index (χ0) is 14.2. The van der Waals surface area contributed by atoms with Crippen molar-refractivity contribution in [3.63, 3.8) is 0 Å². The van der Waals surface area contributed by atoms with Gasteiger partial charge in [0.25, 0.3) is 5.56 Å². The van der Waals surface area contributed by atoms with Crippen LogP contribution in [0.1, 0.15) is 31.0 Å². The van der Waals surface area contributed by atoms with E-state index in [9.17, 15) is 14.4 Å². The van der Waals surface area contributed by atoms with Crippen molar-refractivity contribution in [2.75, 3.05) is 0 Å². The monoisotopic (exact) mass is 264 g/mol. The van der Waals surface area contributed by atoms with Crippen LogP contribution < -0.4 is 11.2 Å². The predicted molar refractivity (Wildman–Crippen MR) is 70.4 cm³/mol. The number of unbranched alkanes of at least 4 members (excludes halogenated alkanes) is 1. The van der Waals surface area contributed by atoms with E-state index in [2.05, 4.69) is 4.98 Å². The highest BCUT2D eigenvalue weighted by Crippen LogP contribution is 2.07. The molecule has 2 aromatic rings. The Kier molecular flexibility index (Phi) is 3.37. The summed E-state index contributed by atoms with van der Waals surface area (Å²) in [7, 11) is 2.91. The minimum Gasteiger partial charge on any atom is -0.279 e. The molecule has 0 fully saturated rings. The van der Waals surface area contributed by atoms with Crippen LogP contribution in [0.15, 0.2) is 15.9 Å². The van der Waals surface area contributed by atoms with E-state index in [0.717, 1.165) is 17.4 Å². The molecule has 7 heteroatoms. The molecular weight excluding hydrogens is 248 g/mol. The van der Waals surface area contributed by atoms with Gasteiger partial charge < -0.3 is 0 Å². The fourth-order valence-electron chi connectivity index (χ4n) is 1.98. The first-order valence-electron chi connectivity index (χ1n) is 6.15. The quantitative estimate of drug-likeness (QED) is 0.796. The Hall–Kier alpha value is -2.18. The van der Waals surface area contributed by atoms with Crippen LogP contribution in [0.4, 0.5) is 0 Å². The van der Waals surface area contributed by atoms with Gasteiger partial charge in [-0.2, -0.15) is 0 Å². The standard InChI is InChI=1S/C12H16N4O3/c1-4-5-6-8(17)16-7-13-10-9(16)11(18)15(3)12(19)14(10)2/h7H,4-6H2,1-3H3. The Morgan fingerprint density at radius 3 is 2.58 bits per heavy atom. The maximum atomic E-state index is 12.1. The molecule has 19 heavy (non-hydrogen) atoms. The van der Waals surface area contributed by atoms with E-state index in [4.69, 9.17) is 0 Å². The molecule has 2 aromatic heterocycles. The lowest BCUT2D eigenvalue weighted by molar-refractivity contribution is 0.0904. The van der Waals surface area contributed by atoms with E-state index in [1.165, 1.54) is 29.6 Å². The third-order valence-electron chi connectivity index (χ3n) is 3.16. The SMILES string of the molecule is CCCCC(=O)n1cnc2c1c(=O)n(C)c(=O)n2C. The molecule has 2 rings (SSSR count). The Morgan fingerprint density at radius 1 is 1.26 bits per heavy atom. The average molecular weight is 264 g/mol. The fraction of sp³-hybridized carbons (Fsp3) is 0.500. The largest absolute Gasteiger partial charge is 0.332 e. The van der Waals surface area contributed by atoms with Gasteiger partial charge >= 0.3 is 5.69 Å². The normalized spacial score (nSPS) is 11.1. The summed E-state index contributed by atoms with van der Waals surface area (Å²) in [6.07, 6.45) is 3.32. The number of aryl methyl sites for hydroxylation is 1. The summed E-state index contributed by atoms with van der Waals surface area (Å²) in [6, 6.07) is 0. The van der Waals surface area contributed by atoms with Crippen molar-refractivity contribution in [1.82, 2.24) is 18.7 Å². The van der Waals surface area contributed by atoms with Gasteiger partial charge in [0.05, 0.1) is 0 Å². The second-order valence-corrected chi connectivity index (χ2v) is 4.49. The molecule has 2 heterocycles. The van der Waals surface area contributed by atoms with Gasteiger partial charge in [-0.05, 0) is 6.42 Å². The summed E-state index contributed by atoms with van der Waals surface area (Å²) < 4.78 is 3.49. The lowest BCUT2D eigenvalue weighted by Gasteiger charge is -2.05. The van der Waals surface area contributed by atoms with Crippen LogP contribution in [0, 0.1) is 0 Å². The first-order valence-corrected chi connectivity index (χ1v) is 6.15. The van der Waals surface area contributed by atoms with Crippen LogP contribution in [-0.2, 0) is 14.1 Å². The number of aromatic nitrogens is 4. The molecule has 0 unspecified atom stereocenters. The van der Waals surface area contributed by atoms with E-state index >= 15 is 0 Å². The van der Waals surface area contributed by atoms with Crippen LogP contribution in [0.5, 0.6) is 0 Å². The predicted octanol–water partition coefficient (Wildman–Crippen LogP) is 0.264. The smallest absolute Gasteiger partial charge is 0.279 e. The van der Waals surface area contributed by atoms with Gasteiger partial charge in [-0.15, -0.1) is 0 Å². The Labute approximate surface area is 109 Å². The Balaban J connectivity index is 2.70. The molecule has 0 N–H and O–H groups in total. The fourth-order valence-corrected chi connectivity index (χ4v) is 1.98. The number of hydrogen-bond acceptors (Lipinski definition) is 4. The van der Waals surface area contributed by atoms with Crippen molar-refractivity contribution in [3.8, 4) is 0 Å². The first-order chi connectivity index (χ1) is 8.99. The molecule has 0 amide bonds. The summed E-state index contributed by atoms with van der Waals surface area (Å²) in [5, 5.41) is 0. The highest BCUT2D eigenvalue weighted by Gasteiger charge is 2.17. The minimum absolute atomic E-state index is 0.158. The molecule has 0 aromatic carbocycles. The highest BCUT2D eigenvalue weighted by molar-refractivity contribution is 5.88. The van der Waals surface area contributed by atoms with Crippen molar-refractivity contribution in [3.05, 3.63) is 27.2 Å². The van der Waals surface area contributed by atoms with E-state index in [1.54, 1.807) is 0 Å². The van der Waals surface area contributed by atoms with Crippen molar-refractivity contribution in [2.24, 2.45) is 14.1 Å². The van der Waals surface area contributed by atoms with Gasteiger partial charge in [-0.25, -0.2) is 9.78 Å². The number of imidazole rings is 1. The number of fused-ring (bicyclic) bond motifs is 1. The third-order valence-corrected chi connectivity index (χ3v) is 3.16. The second-order valence-electron chi connectivity index (χ2n) is 4.49. The lowest BCUT2D eigenvalue weighted by atomic mass is 10.2. The maximum absolute atomic E-state index is 12.1. The molecule has 0 aliphatic rings. The minimum atomic E-state index is -0.500. The van der Waals surface area contributed by atoms with Crippen LogP contribution >= 0.6 is 0 Å². The molecule has 0 aliphatic carbocycles.